The Bertz CT molecular complexity index is 2090. The number of rotatable bonds is 15. The van der Waals surface area contributed by atoms with Crippen molar-refractivity contribution in [1.82, 2.24) is 4.31 Å². The molecule has 0 radical (unpaired) electrons. The molecule has 58 heavy (non-hydrogen) atoms. The van der Waals surface area contributed by atoms with E-state index in [9.17, 15) is 23.4 Å². The van der Waals surface area contributed by atoms with Crippen molar-refractivity contribution in [1.29, 1.82) is 0 Å². The lowest BCUT2D eigenvalue weighted by atomic mass is 9.86. The third-order valence-corrected chi connectivity index (χ3v) is 13.4. The third kappa shape index (κ3) is 11.4. The zero-order valence-electron chi connectivity index (χ0n) is 32.4. The summed E-state index contributed by atoms with van der Waals surface area (Å²) in [6.07, 6.45) is 8.78. The Morgan fingerprint density at radius 2 is 1.43 bits per heavy atom. The fourth-order valence-corrected chi connectivity index (χ4v) is 9.75. The summed E-state index contributed by atoms with van der Waals surface area (Å²) in [6, 6.07) is 27.7. The van der Waals surface area contributed by atoms with Gasteiger partial charge < -0.3 is 21.7 Å². The largest absolute Gasteiger partial charge is 0.394 e. The monoisotopic (exact) mass is 1030 g/mol. The van der Waals surface area contributed by atoms with Gasteiger partial charge in [-0.2, -0.15) is 0 Å². The molecule has 4 aromatic carbocycles. The summed E-state index contributed by atoms with van der Waals surface area (Å²) in [4.78, 5) is 54.4. The van der Waals surface area contributed by atoms with Crippen LogP contribution in [0.15, 0.2) is 95.9 Å². The van der Waals surface area contributed by atoms with Crippen molar-refractivity contribution in [2.24, 2.45) is 5.92 Å². The maximum Gasteiger partial charge on any atom is 0.347 e. The van der Waals surface area contributed by atoms with Crippen LogP contribution in [0.4, 0.5) is 17.1 Å². The van der Waals surface area contributed by atoms with Crippen molar-refractivity contribution in [2.45, 2.75) is 82.1 Å². The minimum Gasteiger partial charge on any atom is -0.394 e. The molecule has 1 aliphatic carbocycles. The predicted molar refractivity (Wildman–Crippen MR) is 244 cm³/mol. The van der Waals surface area contributed by atoms with E-state index in [1.54, 1.807) is 88.5 Å². The highest BCUT2D eigenvalue weighted by molar-refractivity contribution is 14.1. The zero-order chi connectivity index (χ0) is 41.0. The van der Waals surface area contributed by atoms with Crippen LogP contribution in [0.1, 0.15) is 100 Å². The molecule has 4 aromatic rings. The molecule has 11 nitrogen and oxygen atoms in total. The smallest absolute Gasteiger partial charge is 0.347 e. The van der Waals surface area contributed by atoms with E-state index in [1.807, 2.05) is 59.8 Å². The van der Waals surface area contributed by atoms with Crippen LogP contribution < -0.4 is 15.5 Å². The average molecular weight is 1030 g/mol. The number of carbonyl (C=O) groups is 4. The molecule has 1 saturated heterocycles. The molecular formula is C44H48I2N4O7S. The third-order valence-electron chi connectivity index (χ3n) is 11.0. The molecule has 1 unspecified atom stereocenters. The second-order valence-electron chi connectivity index (χ2n) is 14.7. The van der Waals surface area contributed by atoms with Crippen LogP contribution >= 0.6 is 46.0 Å². The lowest BCUT2D eigenvalue weighted by Gasteiger charge is -2.34. The summed E-state index contributed by atoms with van der Waals surface area (Å²) in [5.74, 6) is -1.46. The summed E-state index contributed by atoms with van der Waals surface area (Å²) >= 11 is 3.22. The minimum absolute atomic E-state index is 0.0437. The van der Waals surface area contributed by atoms with E-state index in [2.05, 4.69) is 15.5 Å². The van der Waals surface area contributed by atoms with Crippen molar-refractivity contribution >= 4 is 97.8 Å². The molecular weight excluding hydrogens is 982 g/mol. The number of anilines is 3. The number of carbonyl (C=O) groups excluding carboxylic acids is 4. The number of nitrogens with zero attached hydrogens (tertiary/aromatic N) is 2. The van der Waals surface area contributed by atoms with Gasteiger partial charge in [-0.3, -0.25) is 14.4 Å². The first-order chi connectivity index (χ1) is 28.2. The van der Waals surface area contributed by atoms with Crippen LogP contribution in [0.2, 0.25) is 0 Å². The molecule has 1 heterocycles. The van der Waals surface area contributed by atoms with Gasteiger partial charge in [0.15, 0.2) is 46.0 Å². The Labute approximate surface area is 371 Å². The average Bonchev–Trinajstić information content (AvgIpc) is 3.27. The number of halogens is 2. The first-order valence-corrected chi connectivity index (χ1v) is 22.7. The van der Waals surface area contributed by atoms with Gasteiger partial charge in [0.1, 0.15) is 11.0 Å². The van der Waals surface area contributed by atoms with Gasteiger partial charge in [0, 0.05) is 42.6 Å². The van der Waals surface area contributed by atoms with Gasteiger partial charge in [-0.15, -0.1) is 0 Å². The molecule has 1 saturated carbocycles. The van der Waals surface area contributed by atoms with Crippen molar-refractivity contribution in [3.05, 3.63) is 119 Å². The molecule has 6 rings (SSSR count). The van der Waals surface area contributed by atoms with Crippen molar-refractivity contribution in [2.75, 3.05) is 35.2 Å². The highest BCUT2D eigenvalue weighted by atomic mass is 127. The Hall–Kier alpha value is -3.87. The van der Waals surface area contributed by atoms with Gasteiger partial charge in [0.05, 0.1) is 27.6 Å². The topological polar surface area (TPSA) is 134 Å². The molecule has 2 aliphatic rings. The number of amides is 2. The van der Waals surface area contributed by atoms with Crippen LogP contribution in [0, 0.1) is 5.92 Å². The van der Waals surface area contributed by atoms with Crippen molar-refractivity contribution in [3.8, 4) is 0 Å². The molecule has 2 N–H and O–H groups in total. The summed E-state index contributed by atoms with van der Waals surface area (Å²) < 4.78 is 25.5. The number of nitrogens with one attached hydrogen (secondary N) is 2. The van der Waals surface area contributed by atoms with Crippen LogP contribution in [0.5, 0.6) is 0 Å². The molecule has 1 aliphatic heterocycles. The van der Waals surface area contributed by atoms with Gasteiger partial charge >= 0.3 is 11.9 Å². The second-order valence-corrected chi connectivity index (χ2v) is 17.0. The van der Waals surface area contributed by atoms with E-state index in [1.165, 1.54) is 6.42 Å². The van der Waals surface area contributed by atoms with E-state index < -0.39 is 16.9 Å². The summed E-state index contributed by atoms with van der Waals surface area (Å²) in [6.45, 7) is 4.32. The maximum atomic E-state index is 14.0. The van der Waals surface area contributed by atoms with Gasteiger partial charge in [-0.05, 0) is 136 Å². The van der Waals surface area contributed by atoms with Crippen molar-refractivity contribution < 1.29 is 29.5 Å². The second kappa shape index (κ2) is 21.4. The lowest BCUT2D eigenvalue weighted by molar-refractivity contribution is -0.137. The summed E-state index contributed by atoms with van der Waals surface area (Å²) in [5.41, 5.74) is 5.42. The first-order valence-electron chi connectivity index (χ1n) is 19.8. The fraction of sp³-hybridized carbons (Fsp3) is 0.364. The van der Waals surface area contributed by atoms with Crippen LogP contribution in [0.3, 0.4) is 0 Å². The molecule has 1 atom stereocenters. The van der Waals surface area contributed by atoms with Crippen LogP contribution in [-0.4, -0.2) is 57.9 Å². The van der Waals surface area contributed by atoms with Gasteiger partial charge in [-0.25, -0.2) is 13.3 Å². The Morgan fingerprint density at radius 3 is 2.07 bits per heavy atom. The Balaban J connectivity index is 1.12. The molecule has 2 amide bonds. The fourth-order valence-electron chi connectivity index (χ4n) is 7.73. The molecule has 0 bridgehead atoms. The summed E-state index contributed by atoms with van der Waals surface area (Å²) in [7, 11) is -1.52. The van der Waals surface area contributed by atoms with Gasteiger partial charge in [0.25, 0.3) is 11.8 Å². The van der Waals surface area contributed by atoms with Gasteiger partial charge in [-0.1, -0.05) is 37.3 Å². The highest BCUT2D eigenvalue weighted by Gasteiger charge is 2.32. The highest BCUT2D eigenvalue weighted by Crippen LogP contribution is 2.32. The zero-order valence-corrected chi connectivity index (χ0v) is 37.6. The number of piperidine rings is 1. The normalized spacial score (nSPS) is 17.3. The van der Waals surface area contributed by atoms with E-state index in [0.29, 0.717) is 52.3 Å². The maximum absolute atomic E-state index is 14.0. The Morgan fingerprint density at radius 1 is 0.759 bits per heavy atom. The van der Waals surface area contributed by atoms with Gasteiger partial charge in [0.2, 0.25) is 0 Å². The molecule has 14 heteroatoms. The van der Waals surface area contributed by atoms with E-state index in [4.69, 9.17) is 6.13 Å². The van der Waals surface area contributed by atoms with E-state index >= 15 is 0 Å². The minimum atomic E-state index is -1.52. The molecule has 0 aromatic heterocycles. The Kier molecular flexibility index (Phi) is 16.1. The van der Waals surface area contributed by atoms with Crippen molar-refractivity contribution in [3.63, 3.8) is 0 Å². The SMILES string of the molecule is CCN(C1CCC(C(=O)OI)CC1)S(=O)c1cccc(C(=O)Nc2ccc(N3CCCCC3)cc2C(=O)Nc2ccc(CCCc3ccc(C(=O)OI)cc3)cc2)c1. The van der Waals surface area contributed by atoms with E-state index in [0.717, 1.165) is 74.8 Å². The number of benzene rings is 4. The predicted octanol–water partition coefficient (Wildman–Crippen LogP) is 9.66. The van der Waals surface area contributed by atoms with Crippen LogP contribution in [0.25, 0.3) is 0 Å². The lowest BCUT2D eigenvalue weighted by Crippen LogP contribution is -2.40. The van der Waals surface area contributed by atoms with E-state index in [-0.39, 0.29) is 29.8 Å². The number of hydrogen-bond acceptors (Lipinski definition) is 8. The number of aryl methyl sites for hydroxylation is 2. The number of hydrogen-bond donors (Lipinski definition) is 2. The molecule has 306 valence electrons. The quantitative estimate of drug-likeness (QED) is 0.113. The first kappa shape index (κ1) is 43.7. The molecule has 0 spiro atoms. The molecule has 2 fully saturated rings. The summed E-state index contributed by atoms with van der Waals surface area (Å²) in [5, 5.41) is 6.01. The van der Waals surface area contributed by atoms with Crippen LogP contribution in [-0.2, 0) is 34.8 Å². The standard InChI is InChI=1S/C44H48I2N4O7S/c1-2-50(36-22-18-33(19-23-36)44(54)57-46)58(55)38-11-7-10-34(28-38)41(51)48-40-25-24-37(49-26-4-3-5-27-49)29-39(40)42(52)47-35-20-14-31(15-21-35)9-6-8-30-12-16-32(17-13-30)43(53)56-45/h7,10-17,20-21,24-25,28-29,33,36H,2-6,8-9,18-19,22-23,26-27H2,1H3,(H,47,52)(H,48,51).